The van der Waals surface area contributed by atoms with Crippen LogP contribution in [-0.2, 0) is 4.79 Å². The molecule has 3 heteroatoms. The second kappa shape index (κ2) is 10.8. The molecular formula is C18H27NO2. The lowest BCUT2D eigenvalue weighted by atomic mass is 10.1. The van der Waals surface area contributed by atoms with Gasteiger partial charge in [0.05, 0.1) is 0 Å². The predicted octanol–water partition coefficient (Wildman–Crippen LogP) is 4.73. The lowest BCUT2D eigenvalue weighted by molar-refractivity contribution is -0.137. The SMILES string of the molecule is C=CC(=C)CC/C=C(\C)CC/C=C(\C)C=N[C@@H](C)C(=O)O. The molecule has 0 aliphatic carbocycles. The third kappa shape index (κ3) is 10.5. The molecule has 0 aromatic heterocycles. The highest BCUT2D eigenvalue weighted by Gasteiger charge is 2.05. The summed E-state index contributed by atoms with van der Waals surface area (Å²) in [6.07, 6.45) is 11.6. The predicted molar refractivity (Wildman–Crippen MR) is 90.9 cm³/mol. The first-order valence-electron chi connectivity index (χ1n) is 7.25. The third-order valence-electron chi connectivity index (χ3n) is 3.11. The standard InChI is InChI=1S/C18H27NO2/c1-6-14(2)9-7-10-15(3)11-8-12-16(4)13-19-17(5)18(20)21/h6,10,12-13,17H,1-2,7-9,11H2,3-5H3,(H,20,21)/b15-10+,16-12+,19-13?/t17-/m0/s1. The van der Waals surface area contributed by atoms with Crippen LogP contribution in [0.5, 0.6) is 0 Å². The van der Waals surface area contributed by atoms with Gasteiger partial charge in [-0.05, 0) is 52.0 Å². The molecule has 1 N–H and O–H groups in total. The second-order valence-corrected chi connectivity index (χ2v) is 5.23. The molecule has 0 heterocycles. The van der Waals surface area contributed by atoms with Crippen molar-refractivity contribution in [2.75, 3.05) is 0 Å². The Morgan fingerprint density at radius 3 is 2.43 bits per heavy atom. The van der Waals surface area contributed by atoms with E-state index in [0.29, 0.717) is 0 Å². The molecule has 0 aliphatic rings. The van der Waals surface area contributed by atoms with E-state index in [1.54, 1.807) is 19.2 Å². The van der Waals surface area contributed by atoms with Crippen molar-refractivity contribution in [3.8, 4) is 0 Å². The van der Waals surface area contributed by atoms with Gasteiger partial charge in [0.15, 0.2) is 0 Å². The molecule has 0 aromatic rings. The lowest BCUT2D eigenvalue weighted by Crippen LogP contribution is -2.13. The number of carboxylic acids is 1. The summed E-state index contributed by atoms with van der Waals surface area (Å²) in [5.74, 6) is -0.904. The number of carbonyl (C=O) groups is 1. The Kier molecular flexibility index (Phi) is 9.86. The van der Waals surface area contributed by atoms with Gasteiger partial charge in [-0.2, -0.15) is 0 Å². The molecule has 21 heavy (non-hydrogen) atoms. The summed E-state index contributed by atoms with van der Waals surface area (Å²) >= 11 is 0. The van der Waals surface area contributed by atoms with E-state index in [4.69, 9.17) is 5.11 Å². The van der Waals surface area contributed by atoms with Gasteiger partial charge in [-0.25, -0.2) is 4.79 Å². The van der Waals surface area contributed by atoms with Gasteiger partial charge in [0, 0.05) is 6.21 Å². The van der Waals surface area contributed by atoms with E-state index in [9.17, 15) is 4.79 Å². The normalized spacial score (nSPS) is 14.2. The van der Waals surface area contributed by atoms with Crippen LogP contribution in [-0.4, -0.2) is 23.3 Å². The average Bonchev–Trinajstić information content (AvgIpc) is 2.44. The molecule has 0 aromatic carbocycles. The van der Waals surface area contributed by atoms with Crippen LogP contribution >= 0.6 is 0 Å². The van der Waals surface area contributed by atoms with Gasteiger partial charge in [-0.15, -0.1) is 0 Å². The van der Waals surface area contributed by atoms with Crippen LogP contribution in [0.25, 0.3) is 0 Å². The van der Waals surface area contributed by atoms with Crippen molar-refractivity contribution in [2.45, 2.75) is 52.5 Å². The molecule has 0 radical (unpaired) electrons. The highest BCUT2D eigenvalue weighted by molar-refractivity contribution is 5.81. The summed E-state index contributed by atoms with van der Waals surface area (Å²) in [7, 11) is 0. The maximum Gasteiger partial charge on any atom is 0.328 e. The first-order chi connectivity index (χ1) is 9.86. The number of nitrogens with zero attached hydrogens (tertiary/aromatic N) is 1. The minimum Gasteiger partial charge on any atom is -0.480 e. The molecular weight excluding hydrogens is 262 g/mol. The summed E-state index contributed by atoms with van der Waals surface area (Å²) < 4.78 is 0. The van der Waals surface area contributed by atoms with Crippen LogP contribution in [0, 0.1) is 0 Å². The van der Waals surface area contributed by atoms with E-state index in [2.05, 4.69) is 37.2 Å². The van der Waals surface area contributed by atoms with E-state index in [1.165, 1.54) is 5.57 Å². The van der Waals surface area contributed by atoms with Crippen molar-refractivity contribution >= 4 is 12.2 Å². The minimum atomic E-state index is -0.904. The zero-order valence-corrected chi connectivity index (χ0v) is 13.4. The van der Waals surface area contributed by atoms with Gasteiger partial charge >= 0.3 is 5.97 Å². The maximum atomic E-state index is 10.6. The fourth-order valence-electron chi connectivity index (χ4n) is 1.58. The Morgan fingerprint density at radius 1 is 1.24 bits per heavy atom. The highest BCUT2D eigenvalue weighted by Crippen LogP contribution is 2.10. The average molecular weight is 289 g/mol. The van der Waals surface area contributed by atoms with Crippen molar-refractivity contribution in [1.82, 2.24) is 0 Å². The zero-order valence-electron chi connectivity index (χ0n) is 13.4. The molecule has 0 amide bonds. The molecule has 0 spiro atoms. The lowest BCUT2D eigenvalue weighted by Gasteiger charge is -2.01. The van der Waals surface area contributed by atoms with Gasteiger partial charge in [-0.3, -0.25) is 4.99 Å². The number of aliphatic carboxylic acids is 1. The molecule has 0 fully saturated rings. The summed E-state index contributed by atoms with van der Waals surface area (Å²) in [4.78, 5) is 14.6. The van der Waals surface area contributed by atoms with Crippen LogP contribution in [0.1, 0.15) is 46.5 Å². The Bertz CT molecular complexity index is 456. The molecule has 0 saturated carbocycles. The second-order valence-electron chi connectivity index (χ2n) is 5.23. The van der Waals surface area contributed by atoms with Crippen LogP contribution in [0.15, 0.2) is 53.1 Å². The Hall–Kier alpha value is -1.90. The van der Waals surface area contributed by atoms with Crippen LogP contribution in [0.4, 0.5) is 0 Å². The fourth-order valence-corrected chi connectivity index (χ4v) is 1.58. The highest BCUT2D eigenvalue weighted by atomic mass is 16.4. The van der Waals surface area contributed by atoms with Gasteiger partial charge < -0.3 is 5.11 Å². The maximum absolute atomic E-state index is 10.6. The van der Waals surface area contributed by atoms with Crippen LogP contribution in [0.3, 0.4) is 0 Å². The van der Waals surface area contributed by atoms with Gasteiger partial charge in [0.1, 0.15) is 6.04 Å². The van der Waals surface area contributed by atoms with E-state index in [0.717, 1.165) is 36.8 Å². The Morgan fingerprint density at radius 2 is 1.86 bits per heavy atom. The Balaban J connectivity index is 4.12. The van der Waals surface area contributed by atoms with Gasteiger partial charge in [0.25, 0.3) is 0 Å². The van der Waals surface area contributed by atoms with Crippen LogP contribution in [0.2, 0.25) is 0 Å². The Labute approximate surface area is 128 Å². The summed E-state index contributed by atoms with van der Waals surface area (Å²) in [6.45, 7) is 13.2. The first-order valence-corrected chi connectivity index (χ1v) is 7.25. The largest absolute Gasteiger partial charge is 0.480 e. The smallest absolute Gasteiger partial charge is 0.328 e. The summed E-state index contributed by atoms with van der Waals surface area (Å²) in [5, 5.41) is 8.73. The number of hydrogen-bond donors (Lipinski definition) is 1. The topological polar surface area (TPSA) is 49.7 Å². The number of allylic oxidation sites excluding steroid dienone is 6. The van der Waals surface area contributed by atoms with Gasteiger partial charge in [-0.1, -0.05) is 42.5 Å². The summed E-state index contributed by atoms with van der Waals surface area (Å²) in [6, 6.07) is -0.687. The molecule has 0 bridgehead atoms. The molecule has 0 aliphatic heterocycles. The van der Waals surface area contributed by atoms with Crippen molar-refractivity contribution < 1.29 is 9.90 Å². The molecule has 0 rings (SSSR count). The summed E-state index contributed by atoms with van der Waals surface area (Å²) in [5.41, 5.74) is 3.42. The molecule has 1 atom stereocenters. The van der Waals surface area contributed by atoms with Crippen molar-refractivity contribution in [3.05, 3.63) is 48.1 Å². The molecule has 3 nitrogen and oxygen atoms in total. The van der Waals surface area contributed by atoms with E-state index >= 15 is 0 Å². The van der Waals surface area contributed by atoms with E-state index in [-0.39, 0.29) is 0 Å². The van der Waals surface area contributed by atoms with E-state index in [1.807, 2.05) is 6.92 Å². The van der Waals surface area contributed by atoms with Crippen LogP contribution < -0.4 is 0 Å². The van der Waals surface area contributed by atoms with Gasteiger partial charge in [0.2, 0.25) is 0 Å². The van der Waals surface area contributed by atoms with Crippen molar-refractivity contribution in [1.29, 1.82) is 0 Å². The fraction of sp³-hybridized carbons (Fsp3) is 0.444. The number of hydrogen-bond acceptors (Lipinski definition) is 2. The quantitative estimate of drug-likeness (QED) is 0.359. The molecule has 116 valence electrons. The monoisotopic (exact) mass is 289 g/mol. The first kappa shape index (κ1) is 19.1. The van der Waals surface area contributed by atoms with Crippen molar-refractivity contribution in [3.63, 3.8) is 0 Å². The van der Waals surface area contributed by atoms with Crippen molar-refractivity contribution in [2.24, 2.45) is 4.99 Å². The number of rotatable bonds is 10. The molecule has 0 saturated heterocycles. The third-order valence-corrected chi connectivity index (χ3v) is 3.11. The molecule has 0 unspecified atom stereocenters. The minimum absolute atomic E-state index is 0.687. The number of aliphatic imine (C=N–C) groups is 1. The zero-order chi connectivity index (χ0) is 16.3. The number of carboxylic acid groups (broad SMARTS) is 1. The van der Waals surface area contributed by atoms with E-state index < -0.39 is 12.0 Å².